The predicted molar refractivity (Wildman–Crippen MR) is 70.1 cm³/mol. The van der Waals surface area contributed by atoms with Gasteiger partial charge in [0.1, 0.15) is 0 Å². The van der Waals surface area contributed by atoms with Crippen molar-refractivity contribution in [3.05, 3.63) is 28.8 Å². The van der Waals surface area contributed by atoms with Gasteiger partial charge in [-0.15, -0.1) is 0 Å². The lowest BCUT2D eigenvalue weighted by Gasteiger charge is -2.18. The minimum atomic E-state index is 0.0567. The van der Waals surface area contributed by atoms with Gasteiger partial charge in [-0.3, -0.25) is 4.90 Å². The molecule has 0 amide bonds. The highest BCUT2D eigenvalue weighted by Gasteiger charge is 2.07. The Labute approximate surface area is 107 Å². The monoisotopic (exact) mass is 258 g/mol. The van der Waals surface area contributed by atoms with Gasteiger partial charge >= 0.3 is 0 Å². The first-order chi connectivity index (χ1) is 8.15. The smallest absolute Gasteiger partial charge is 0.0698 e. The van der Waals surface area contributed by atoms with E-state index in [2.05, 4.69) is 4.90 Å². The average Bonchev–Trinajstić information content (AvgIpc) is 2.30. The molecule has 0 spiro atoms. The number of aliphatic hydroxyl groups is 1. The molecule has 1 aromatic rings. The Bertz CT molecular complexity index is 327. The van der Waals surface area contributed by atoms with Crippen molar-refractivity contribution in [3.8, 4) is 0 Å². The number of hydrogen-bond donors (Lipinski definition) is 2. The second-order valence-corrected chi connectivity index (χ2v) is 4.29. The summed E-state index contributed by atoms with van der Waals surface area (Å²) in [5.41, 5.74) is 7.52. The Kier molecular flexibility index (Phi) is 6.29. The Morgan fingerprint density at radius 3 is 2.82 bits per heavy atom. The molecule has 96 valence electrons. The van der Waals surface area contributed by atoms with E-state index >= 15 is 0 Å². The number of aliphatic hydroxyl groups excluding tert-OH is 1. The molecule has 0 atom stereocenters. The molecule has 0 aliphatic rings. The van der Waals surface area contributed by atoms with Crippen LogP contribution in [-0.2, 0) is 11.3 Å². The number of halogens is 1. The average molecular weight is 259 g/mol. The molecule has 0 bridgehead atoms. The highest BCUT2D eigenvalue weighted by molar-refractivity contribution is 6.31. The Morgan fingerprint density at radius 2 is 2.18 bits per heavy atom. The van der Waals surface area contributed by atoms with Crippen LogP contribution in [0, 0.1) is 0 Å². The van der Waals surface area contributed by atoms with E-state index in [0.29, 0.717) is 30.5 Å². The van der Waals surface area contributed by atoms with Gasteiger partial charge in [-0.2, -0.15) is 0 Å². The van der Waals surface area contributed by atoms with Crippen molar-refractivity contribution in [2.24, 2.45) is 0 Å². The molecule has 0 aliphatic carbocycles. The second-order valence-electron chi connectivity index (χ2n) is 3.88. The molecular weight excluding hydrogens is 240 g/mol. The number of ether oxygens (including phenoxy) is 1. The molecule has 0 aromatic heterocycles. The molecule has 0 saturated carbocycles. The molecule has 1 rings (SSSR count). The van der Waals surface area contributed by atoms with E-state index in [-0.39, 0.29) is 6.61 Å². The minimum absolute atomic E-state index is 0.0567. The molecular formula is C12H19ClN2O2. The molecule has 4 nitrogen and oxygen atoms in total. The highest BCUT2D eigenvalue weighted by Crippen LogP contribution is 2.22. The molecule has 5 heteroatoms. The summed E-state index contributed by atoms with van der Waals surface area (Å²) < 4.78 is 5.20. The van der Waals surface area contributed by atoms with Crippen molar-refractivity contribution in [1.82, 2.24) is 4.90 Å². The molecule has 0 radical (unpaired) electrons. The van der Waals surface area contributed by atoms with Gasteiger partial charge in [-0.05, 0) is 19.2 Å². The van der Waals surface area contributed by atoms with E-state index in [9.17, 15) is 0 Å². The summed E-state index contributed by atoms with van der Waals surface area (Å²) in [5, 5.41) is 9.25. The van der Waals surface area contributed by atoms with Gasteiger partial charge in [0, 0.05) is 29.4 Å². The zero-order valence-electron chi connectivity index (χ0n) is 10.0. The number of nitrogens with two attached hydrogens (primary N) is 1. The Hall–Kier alpha value is -0.810. The zero-order valence-corrected chi connectivity index (χ0v) is 10.8. The third-order valence-corrected chi connectivity index (χ3v) is 2.79. The van der Waals surface area contributed by atoms with Crippen LogP contribution in [0.5, 0.6) is 0 Å². The van der Waals surface area contributed by atoms with Gasteiger partial charge in [0.05, 0.1) is 19.8 Å². The van der Waals surface area contributed by atoms with Crippen LogP contribution in [-0.4, -0.2) is 43.4 Å². The van der Waals surface area contributed by atoms with Crippen molar-refractivity contribution < 1.29 is 9.84 Å². The van der Waals surface area contributed by atoms with E-state index in [1.54, 1.807) is 0 Å². The Morgan fingerprint density at radius 1 is 1.41 bits per heavy atom. The van der Waals surface area contributed by atoms with Crippen LogP contribution in [0.3, 0.4) is 0 Å². The van der Waals surface area contributed by atoms with Crippen molar-refractivity contribution in [1.29, 1.82) is 0 Å². The first-order valence-corrected chi connectivity index (χ1v) is 5.93. The van der Waals surface area contributed by atoms with Gasteiger partial charge in [0.15, 0.2) is 0 Å². The van der Waals surface area contributed by atoms with Crippen LogP contribution in [0.15, 0.2) is 18.2 Å². The van der Waals surface area contributed by atoms with E-state index < -0.39 is 0 Å². The summed E-state index contributed by atoms with van der Waals surface area (Å²) in [7, 11) is 1.98. The summed E-state index contributed by atoms with van der Waals surface area (Å²) in [6.45, 7) is 2.48. The van der Waals surface area contributed by atoms with E-state index in [0.717, 1.165) is 12.1 Å². The fourth-order valence-electron chi connectivity index (χ4n) is 1.48. The highest BCUT2D eigenvalue weighted by atomic mass is 35.5. The largest absolute Gasteiger partial charge is 0.398 e. The number of nitrogens with zero attached hydrogens (tertiary/aromatic N) is 1. The van der Waals surface area contributed by atoms with Gasteiger partial charge in [0.2, 0.25) is 0 Å². The number of anilines is 1. The maximum Gasteiger partial charge on any atom is 0.0698 e. The SMILES string of the molecule is CN(CCOCCO)Cc1c(N)cccc1Cl. The van der Waals surface area contributed by atoms with E-state index in [4.69, 9.17) is 27.2 Å². The van der Waals surface area contributed by atoms with Crippen LogP contribution in [0.25, 0.3) is 0 Å². The fraction of sp³-hybridized carbons (Fsp3) is 0.500. The van der Waals surface area contributed by atoms with Crippen LogP contribution in [0.1, 0.15) is 5.56 Å². The van der Waals surface area contributed by atoms with Crippen LogP contribution >= 0.6 is 11.6 Å². The minimum Gasteiger partial charge on any atom is -0.398 e. The normalized spacial score (nSPS) is 11.1. The van der Waals surface area contributed by atoms with Crippen molar-refractivity contribution in [2.75, 3.05) is 39.1 Å². The number of hydrogen-bond acceptors (Lipinski definition) is 4. The van der Waals surface area contributed by atoms with Gasteiger partial charge in [-0.1, -0.05) is 17.7 Å². The number of nitrogen functional groups attached to an aromatic ring is 1. The third kappa shape index (κ3) is 4.91. The summed E-state index contributed by atoms with van der Waals surface area (Å²) in [4.78, 5) is 2.08. The predicted octanol–water partition coefficient (Wildman–Crippen LogP) is 1.36. The number of rotatable bonds is 7. The standard InChI is InChI=1S/C12H19ClN2O2/c1-15(5-7-17-8-6-16)9-10-11(13)3-2-4-12(10)14/h2-4,16H,5-9,14H2,1H3. The number of benzene rings is 1. The molecule has 1 aromatic carbocycles. The van der Waals surface area contributed by atoms with Crippen molar-refractivity contribution in [3.63, 3.8) is 0 Å². The van der Waals surface area contributed by atoms with Gasteiger partial charge < -0.3 is 15.6 Å². The number of likely N-dealkylation sites (N-methyl/N-ethyl adjacent to an activating group) is 1. The fourth-order valence-corrected chi connectivity index (χ4v) is 1.72. The first kappa shape index (κ1) is 14.3. The maximum atomic E-state index is 8.57. The zero-order chi connectivity index (χ0) is 12.7. The quantitative estimate of drug-likeness (QED) is 0.573. The second kappa shape index (κ2) is 7.50. The molecule has 0 fully saturated rings. The van der Waals surface area contributed by atoms with Crippen LogP contribution in [0.2, 0.25) is 5.02 Å². The lowest BCUT2D eigenvalue weighted by Crippen LogP contribution is -2.24. The molecule has 0 heterocycles. The van der Waals surface area contributed by atoms with E-state index in [1.807, 2.05) is 25.2 Å². The summed E-state index contributed by atoms with van der Waals surface area (Å²) in [5.74, 6) is 0. The lowest BCUT2D eigenvalue weighted by atomic mass is 10.1. The topological polar surface area (TPSA) is 58.7 Å². The molecule has 3 N–H and O–H groups in total. The van der Waals surface area contributed by atoms with Gasteiger partial charge in [0.25, 0.3) is 0 Å². The van der Waals surface area contributed by atoms with Crippen molar-refractivity contribution >= 4 is 17.3 Å². The summed E-state index contributed by atoms with van der Waals surface area (Å²) >= 11 is 6.09. The third-order valence-electron chi connectivity index (χ3n) is 2.44. The van der Waals surface area contributed by atoms with Gasteiger partial charge in [-0.25, -0.2) is 0 Å². The molecule has 0 unspecified atom stereocenters. The van der Waals surface area contributed by atoms with Crippen molar-refractivity contribution in [2.45, 2.75) is 6.54 Å². The summed E-state index contributed by atoms with van der Waals surface area (Å²) in [6.07, 6.45) is 0. The van der Waals surface area contributed by atoms with Crippen LogP contribution < -0.4 is 5.73 Å². The molecule has 0 saturated heterocycles. The first-order valence-electron chi connectivity index (χ1n) is 5.55. The Balaban J connectivity index is 2.42. The van der Waals surface area contributed by atoms with Crippen LogP contribution in [0.4, 0.5) is 5.69 Å². The molecule has 0 aliphatic heterocycles. The maximum absolute atomic E-state index is 8.57. The lowest BCUT2D eigenvalue weighted by molar-refractivity contribution is 0.0773. The summed E-state index contributed by atoms with van der Waals surface area (Å²) in [6, 6.07) is 5.52. The van der Waals surface area contributed by atoms with E-state index in [1.165, 1.54) is 0 Å². The molecule has 17 heavy (non-hydrogen) atoms.